The quantitative estimate of drug-likeness (QED) is 0.153. The maximum atomic E-state index is 12.9. The molecule has 0 bridgehead atoms. The Morgan fingerprint density at radius 2 is 1.86 bits per heavy atom. The first kappa shape index (κ1) is 30.6. The van der Waals surface area contributed by atoms with Crippen molar-refractivity contribution in [3.05, 3.63) is 96.8 Å². The van der Waals surface area contributed by atoms with Crippen LogP contribution in [0.25, 0.3) is 6.08 Å². The number of imide groups is 1. The van der Waals surface area contributed by atoms with Crippen LogP contribution in [-0.4, -0.2) is 40.5 Å². The number of alkyl halides is 3. The summed E-state index contributed by atoms with van der Waals surface area (Å²) in [6, 6.07) is 13.0. The second kappa shape index (κ2) is 12.7. The minimum atomic E-state index is -4.60. The maximum Gasteiger partial charge on any atom is 0.416 e. The van der Waals surface area contributed by atoms with E-state index >= 15 is 0 Å². The molecule has 1 aliphatic rings. The SMILES string of the molecule is COc1cc(/C=C2\SC(=O)N(CC(=O)Nc3cccc(C(F)(F)F)c3)C2=O)cc(Br)c1OCc1ccc([N+](=O)[O-])cc1. The number of nitro groups is 1. The summed E-state index contributed by atoms with van der Waals surface area (Å²) in [5.74, 6) is -0.987. The molecule has 3 aromatic rings. The first-order chi connectivity index (χ1) is 19.8. The number of nitrogens with one attached hydrogen (secondary N) is 1. The molecule has 0 atom stereocenters. The molecule has 3 aromatic carbocycles. The number of amides is 3. The highest BCUT2D eigenvalue weighted by molar-refractivity contribution is 9.10. The number of hydrogen-bond acceptors (Lipinski definition) is 8. The lowest BCUT2D eigenvalue weighted by Gasteiger charge is -2.14. The third-order valence-corrected chi connectivity index (χ3v) is 7.23. The molecule has 0 aliphatic carbocycles. The van der Waals surface area contributed by atoms with Crippen molar-refractivity contribution in [1.82, 2.24) is 4.90 Å². The molecule has 15 heteroatoms. The van der Waals surface area contributed by atoms with Crippen molar-refractivity contribution in [2.24, 2.45) is 0 Å². The van der Waals surface area contributed by atoms with Gasteiger partial charge in [0.1, 0.15) is 13.2 Å². The van der Waals surface area contributed by atoms with Crippen molar-refractivity contribution < 1.29 is 42.0 Å². The lowest BCUT2D eigenvalue weighted by atomic mass is 10.1. The van der Waals surface area contributed by atoms with Crippen LogP contribution < -0.4 is 14.8 Å². The second-order valence-electron chi connectivity index (χ2n) is 8.64. The number of benzene rings is 3. The zero-order valence-corrected chi connectivity index (χ0v) is 23.8. The summed E-state index contributed by atoms with van der Waals surface area (Å²) in [6.07, 6.45) is -3.18. The standard InChI is InChI=1S/C27H19BrF3N3O7S/c1-40-21-10-16(9-20(28)24(21)41-14-15-5-7-19(8-6-15)34(38)39)11-22-25(36)33(26(37)42-22)13-23(35)32-18-4-2-3-17(12-18)27(29,30)31/h2-12H,13-14H2,1H3,(H,32,35)/b22-11-. The summed E-state index contributed by atoms with van der Waals surface area (Å²) in [6.45, 7) is -0.617. The van der Waals surface area contributed by atoms with Gasteiger partial charge in [-0.3, -0.25) is 29.4 Å². The number of non-ortho nitro benzene ring substituents is 1. The fourth-order valence-corrected chi connectivity index (χ4v) is 5.15. The average molecular weight is 666 g/mol. The summed E-state index contributed by atoms with van der Waals surface area (Å²) >= 11 is 4.00. The normalized spacial score (nSPS) is 14.3. The first-order valence-electron chi connectivity index (χ1n) is 11.8. The number of thioether (sulfide) groups is 1. The Morgan fingerprint density at radius 1 is 1.14 bits per heavy atom. The predicted octanol–water partition coefficient (Wildman–Crippen LogP) is 6.64. The smallest absolute Gasteiger partial charge is 0.416 e. The molecule has 42 heavy (non-hydrogen) atoms. The van der Waals surface area contributed by atoms with Crippen molar-refractivity contribution in [3.63, 3.8) is 0 Å². The zero-order chi connectivity index (χ0) is 30.6. The van der Waals surface area contributed by atoms with Gasteiger partial charge in [-0.05, 0) is 87.4 Å². The van der Waals surface area contributed by atoms with E-state index in [0.29, 0.717) is 38.0 Å². The highest BCUT2D eigenvalue weighted by atomic mass is 79.9. The van der Waals surface area contributed by atoms with Crippen LogP contribution in [0.15, 0.2) is 70.0 Å². The predicted molar refractivity (Wildman–Crippen MR) is 151 cm³/mol. The van der Waals surface area contributed by atoms with Gasteiger partial charge in [0.2, 0.25) is 5.91 Å². The van der Waals surface area contributed by atoms with Gasteiger partial charge in [0, 0.05) is 17.8 Å². The van der Waals surface area contributed by atoms with E-state index in [0.717, 1.165) is 18.2 Å². The fourth-order valence-electron chi connectivity index (χ4n) is 3.74. The van der Waals surface area contributed by atoms with E-state index in [4.69, 9.17) is 9.47 Å². The molecule has 1 saturated heterocycles. The molecule has 1 heterocycles. The van der Waals surface area contributed by atoms with Gasteiger partial charge in [0.05, 0.1) is 27.0 Å². The summed E-state index contributed by atoms with van der Waals surface area (Å²) < 4.78 is 50.5. The highest BCUT2D eigenvalue weighted by Gasteiger charge is 2.36. The molecule has 0 aromatic heterocycles. The fraction of sp³-hybridized carbons (Fsp3) is 0.148. The van der Waals surface area contributed by atoms with Crippen molar-refractivity contribution in [3.8, 4) is 11.5 Å². The molecule has 10 nitrogen and oxygen atoms in total. The Labute approximate surface area is 248 Å². The second-order valence-corrected chi connectivity index (χ2v) is 10.5. The van der Waals surface area contributed by atoms with E-state index in [1.165, 1.54) is 31.4 Å². The molecule has 1 fully saturated rings. The molecule has 0 unspecified atom stereocenters. The molecular weight excluding hydrogens is 647 g/mol. The van der Waals surface area contributed by atoms with Gasteiger partial charge >= 0.3 is 6.18 Å². The summed E-state index contributed by atoms with van der Waals surface area (Å²) in [7, 11) is 1.40. The Bertz CT molecular complexity index is 1600. The van der Waals surface area contributed by atoms with Crippen molar-refractivity contribution in [1.29, 1.82) is 0 Å². The number of nitro benzene ring substituents is 1. The third-order valence-electron chi connectivity index (χ3n) is 5.73. The lowest BCUT2D eigenvalue weighted by molar-refractivity contribution is -0.384. The summed E-state index contributed by atoms with van der Waals surface area (Å²) in [5, 5.41) is 12.4. The van der Waals surface area contributed by atoms with Gasteiger partial charge in [-0.25, -0.2) is 0 Å². The first-order valence-corrected chi connectivity index (χ1v) is 13.4. The summed E-state index contributed by atoms with van der Waals surface area (Å²) in [5.41, 5.74) is -0.0173. The van der Waals surface area contributed by atoms with E-state index in [1.807, 2.05) is 0 Å². The van der Waals surface area contributed by atoms with E-state index < -0.39 is 40.3 Å². The van der Waals surface area contributed by atoms with Crippen LogP contribution in [-0.2, 0) is 22.4 Å². The van der Waals surface area contributed by atoms with Crippen LogP contribution in [0.1, 0.15) is 16.7 Å². The average Bonchev–Trinajstić information content (AvgIpc) is 3.19. The highest BCUT2D eigenvalue weighted by Crippen LogP contribution is 2.39. The molecule has 1 N–H and O–H groups in total. The number of rotatable bonds is 9. The van der Waals surface area contributed by atoms with Crippen LogP contribution in [0, 0.1) is 10.1 Å². The van der Waals surface area contributed by atoms with Gasteiger partial charge in [-0.15, -0.1) is 0 Å². The number of hydrogen-bond donors (Lipinski definition) is 1. The molecule has 0 saturated carbocycles. The number of methoxy groups -OCH3 is 1. The topological polar surface area (TPSA) is 128 Å². The van der Waals surface area contributed by atoms with Gasteiger partial charge in [0.25, 0.3) is 16.8 Å². The van der Waals surface area contributed by atoms with E-state index in [2.05, 4.69) is 21.2 Å². The summed E-state index contributed by atoms with van der Waals surface area (Å²) in [4.78, 5) is 48.9. The van der Waals surface area contributed by atoms with Gasteiger partial charge in [-0.2, -0.15) is 13.2 Å². The number of nitrogens with zero attached hydrogens (tertiary/aromatic N) is 2. The van der Waals surface area contributed by atoms with Gasteiger partial charge in [0.15, 0.2) is 11.5 Å². The minimum absolute atomic E-state index is 0.0142. The van der Waals surface area contributed by atoms with E-state index in [-0.39, 0.29) is 28.6 Å². The van der Waals surface area contributed by atoms with E-state index in [9.17, 15) is 37.7 Å². The van der Waals surface area contributed by atoms with Crippen LogP contribution in [0.5, 0.6) is 11.5 Å². The Morgan fingerprint density at radius 3 is 2.50 bits per heavy atom. The molecule has 218 valence electrons. The van der Waals surface area contributed by atoms with Crippen LogP contribution in [0.4, 0.5) is 29.3 Å². The minimum Gasteiger partial charge on any atom is -0.493 e. The van der Waals surface area contributed by atoms with Crippen molar-refractivity contribution in [2.75, 3.05) is 19.0 Å². The van der Waals surface area contributed by atoms with Crippen molar-refractivity contribution in [2.45, 2.75) is 12.8 Å². The molecule has 4 rings (SSSR count). The molecule has 0 spiro atoms. The van der Waals surface area contributed by atoms with Crippen LogP contribution in [0.2, 0.25) is 0 Å². The Hall–Kier alpha value is -4.37. The Balaban J connectivity index is 1.44. The van der Waals surface area contributed by atoms with E-state index in [1.54, 1.807) is 24.3 Å². The molecular formula is C27H19BrF3N3O7S. The van der Waals surface area contributed by atoms with Crippen LogP contribution in [0.3, 0.4) is 0 Å². The Kier molecular flexibility index (Phi) is 9.21. The third kappa shape index (κ3) is 7.28. The van der Waals surface area contributed by atoms with Gasteiger partial charge < -0.3 is 14.8 Å². The number of carbonyl (C=O) groups is 3. The van der Waals surface area contributed by atoms with Crippen molar-refractivity contribution >= 4 is 62.2 Å². The maximum absolute atomic E-state index is 12.9. The number of carbonyl (C=O) groups excluding carboxylic acids is 3. The van der Waals surface area contributed by atoms with Crippen LogP contribution >= 0.6 is 27.7 Å². The lowest BCUT2D eigenvalue weighted by Crippen LogP contribution is -2.36. The number of ether oxygens (including phenoxy) is 2. The zero-order valence-electron chi connectivity index (χ0n) is 21.4. The number of anilines is 1. The number of halogens is 4. The monoisotopic (exact) mass is 665 g/mol. The molecule has 1 aliphatic heterocycles. The molecule has 0 radical (unpaired) electrons. The largest absolute Gasteiger partial charge is 0.493 e. The molecule has 3 amide bonds. The van der Waals surface area contributed by atoms with Gasteiger partial charge in [-0.1, -0.05) is 6.07 Å².